The van der Waals surface area contributed by atoms with Gasteiger partial charge in [-0.25, -0.2) is 0 Å². The number of nitrogens with one attached hydrogen (secondary N) is 1. The van der Waals surface area contributed by atoms with E-state index >= 15 is 0 Å². The van der Waals surface area contributed by atoms with Crippen LogP contribution < -0.4 is 5.32 Å². The predicted octanol–water partition coefficient (Wildman–Crippen LogP) is 1.74. The first kappa shape index (κ1) is 11.2. The van der Waals surface area contributed by atoms with Gasteiger partial charge in [-0.1, -0.05) is 6.07 Å². The maximum absolute atomic E-state index is 5.47. The van der Waals surface area contributed by atoms with Gasteiger partial charge in [-0.2, -0.15) is 0 Å². The number of rotatable bonds is 3. The average Bonchev–Trinajstić information content (AvgIpc) is 2.36. The molecular formula is C14H20N2O. The Morgan fingerprint density at radius 1 is 1.41 bits per heavy atom. The lowest BCUT2D eigenvalue weighted by molar-refractivity contribution is -0.0747. The van der Waals surface area contributed by atoms with Gasteiger partial charge in [-0.15, -0.1) is 0 Å². The van der Waals surface area contributed by atoms with Crippen LogP contribution in [0.5, 0.6) is 0 Å². The summed E-state index contributed by atoms with van der Waals surface area (Å²) in [5, 5.41) is 3.50. The van der Waals surface area contributed by atoms with Gasteiger partial charge in [0.1, 0.15) is 0 Å². The summed E-state index contributed by atoms with van der Waals surface area (Å²) in [6.45, 7) is 4.04. The molecule has 1 atom stereocenters. The van der Waals surface area contributed by atoms with Crippen molar-refractivity contribution in [3.63, 3.8) is 0 Å². The van der Waals surface area contributed by atoms with Crippen LogP contribution in [0.2, 0.25) is 0 Å². The molecule has 3 rings (SSSR count). The Morgan fingerprint density at radius 2 is 2.35 bits per heavy atom. The first-order chi connectivity index (χ1) is 8.39. The van der Waals surface area contributed by atoms with Crippen LogP contribution in [0.25, 0.3) is 0 Å². The van der Waals surface area contributed by atoms with E-state index < -0.39 is 0 Å². The Hall–Kier alpha value is -0.930. The number of pyridine rings is 1. The average molecular weight is 232 g/mol. The molecule has 0 amide bonds. The lowest BCUT2D eigenvalue weighted by Crippen LogP contribution is -2.50. The van der Waals surface area contributed by atoms with Crippen molar-refractivity contribution in [2.24, 2.45) is 5.92 Å². The van der Waals surface area contributed by atoms with Gasteiger partial charge in [0.15, 0.2) is 0 Å². The molecule has 17 heavy (non-hydrogen) atoms. The van der Waals surface area contributed by atoms with Crippen LogP contribution in [-0.2, 0) is 10.2 Å². The Bertz CT molecular complexity index is 356. The molecule has 0 radical (unpaired) electrons. The molecule has 0 spiro atoms. The zero-order chi connectivity index (χ0) is 11.6. The lowest BCUT2D eigenvalue weighted by Gasteiger charge is -2.43. The second-order valence-electron chi connectivity index (χ2n) is 5.40. The van der Waals surface area contributed by atoms with E-state index in [0.29, 0.717) is 0 Å². The van der Waals surface area contributed by atoms with Crippen molar-refractivity contribution in [2.75, 3.05) is 26.3 Å². The summed E-state index contributed by atoms with van der Waals surface area (Å²) in [5.74, 6) is 0.787. The SMILES string of the molecule is c1ccc(C2(CC3CCCNC3)COC2)nc1. The number of hydrogen-bond donors (Lipinski definition) is 1. The molecule has 3 heteroatoms. The van der Waals surface area contributed by atoms with Crippen molar-refractivity contribution in [2.45, 2.75) is 24.7 Å². The Morgan fingerprint density at radius 3 is 2.94 bits per heavy atom. The van der Waals surface area contributed by atoms with Crippen molar-refractivity contribution in [1.82, 2.24) is 10.3 Å². The van der Waals surface area contributed by atoms with Gasteiger partial charge < -0.3 is 10.1 Å². The molecule has 2 saturated heterocycles. The van der Waals surface area contributed by atoms with Crippen LogP contribution >= 0.6 is 0 Å². The highest BCUT2D eigenvalue weighted by atomic mass is 16.5. The molecule has 1 aromatic heterocycles. The summed E-state index contributed by atoms with van der Waals surface area (Å²) in [4.78, 5) is 4.54. The molecule has 92 valence electrons. The molecule has 3 nitrogen and oxygen atoms in total. The molecule has 2 aliphatic rings. The summed E-state index contributed by atoms with van der Waals surface area (Å²) in [5.41, 5.74) is 1.42. The van der Waals surface area contributed by atoms with Crippen LogP contribution in [0.3, 0.4) is 0 Å². The molecule has 3 heterocycles. The van der Waals surface area contributed by atoms with Crippen LogP contribution in [0.1, 0.15) is 25.0 Å². The van der Waals surface area contributed by atoms with Crippen molar-refractivity contribution in [1.29, 1.82) is 0 Å². The summed E-state index contributed by atoms with van der Waals surface area (Å²) >= 11 is 0. The van der Waals surface area contributed by atoms with Gasteiger partial charge in [0, 0.05) is 6.20 Å². The molecule has 1 unspecified atom stereocenters. The molecule has 0 saturated carbocycles. The zero-order valence-corrected chi connectivity index (χ0v) is 10.2. The third kappa shape index (κ3) is 2.22. The second-order valence-corrected chi connectivity index (χ2v) is 5.40. The highest BCUT2D eigenvalue weighted by Crippen LogP contribution is 2.38. The first-order valence-corrected chi connectivity index (χ1v) is 6.59. The molecule has 1 aromatic rings. The monoisotopic (exact) mass is 232 g/mol. The van der Waals surface area contributed by atoms with Crippen molar-refractivity contribution in [3.8, 4) is 0 Å². The van der Waals surface area contributed by atoms with E-state index in [1.807, 2.05) is 12.3 Å². The van der Waals surface area contributed by atoms with Crippen LogP contribution in [0.4, 0.5) is 0 Å². The maximum Gasteiger partial charge on any atom is 0.0601 e. The van der Waals surface area contributed by atoms with Gasteiger partial charge in [0.25, 0.3) is 0 Å². The van der Waals surface area contributed by atoms with E-state index in [4.69, 9.17) is 4.74 Å². The number of nitrogens with zero attached hydrogens (tertiary/aromatic N) is 1. The van der Waals surface area contributed by atoms with Crippen molar-refractivity contribution < 1.29 is 4.74 Å². The Kier molecular flexibility index (Phi) is 3.12. The zero-order valence-electron chi connectivity index (χ0n) is 10.2. The summed E-state index contributed by atoms with van der Waals surface area (Å²) < 4.78 is 5.47. The fourth-order valence-corrected chi connectivity index (χ4v) is 3.05. The fourth-order valence-electron chi connectivity index (χ4n) is 3.05. The lowest BCUT2D eigenvalue weighted by atomic mass is 9.73. The maximum atomic E-state index is 5.47. The van der Waals surface area contributed by atoms with E-state index in [1.165, 1.54) is 31.5 Å². The van der Waals surface area contributed by atoms with E-state index in [9.17, 15) is 0 Å². The molecule has 2 aliphatic heterocycles. The quantitative estimate of drug-likeness (QED) is 0.862. The van der Waals surface area contributed by atoms with E-state index in [0.717, 1.165) is 25.7 Å². The predicted molar refractivity (Wildman–Crippen MR) is 66.9 cm³/mol. The van der Waals surface area contributed by atoms with Crippen LogP contribution in [0.15, 0.2) is 24.4 Å². The third-order valence-electron chi connectivity index (χ3n) is 4.04. The minimum absolute atomic E-state index is 0.199. The van der Waals surface area contributed by atoms with Gasteiger partial charge in [0.05, 0.1) is 24.3 Å². The smallest absolute Gasteiger partial charge is 0.0601 e. The number of piperidine rings is 1. The number of hydrogen-bond acceptors (Lipinski definition) is 3. The summed E-state index contributed by atoms with van der Waals surface area (Å²) in [7, 11) is 0. The Labute approximate surface area is 103 Å². The molecule has 0 aromatic carbocycles. The van der Waals surface area contributed by atoms with Crippen molar-refractivity contribution in [3.05, 3.63) is 30.1 Å². The summed E-state index contributed by atoms with van der Waals surface area (Å²) in [6.07, 6.45) is 5.77. The first-order valence-electron chi connectivity index (χ1n) is 6.59. The Balaban J connectivity index is 1.73. The van der Waals surface area contributed by atoms with Gasteiger partial charge >= 0.3 is 0 Å². The standard InChI is InChI=1S/C14H20N2O/c1-2-7-16-13(5-1)14(10-17-11-14)8-12-4-3-6-15-9-12/h1-2,5,7,12,15H,3-4,6,8-11H2. The fraction of sp³-hybridized carbons (Fsp3) is 0.643. The van der Waals surface area contributed by atoms with E-state index in [-0.39, 0.29) is 5.41 Å². The highest BCUT2D eigenvalue weighted by molar-refractivity contribution is 5.20. The molecule has 1 N–H and O–H groups in total. The second kappa shape index (κ2) is 4.75. The van der Waals surface area contributed by atoms with Crippen LogP contribution in [0, 0.1) is 5.92 Å². The molecule has 2 fully saturated rings. The van der Waals surface area contributed by atoms with Gasteiger partial charge in [0.2, 0.25) is 0 Å². The third-order valence-corrected chi connectivity index (χ3v) is 4.04. The van der Waals surface area contributed by atoms with Crippen LogP contribution in [-0.4, -0.2) is 31.3 Å². The minimum Gasteiger partial charge on any atom is -0.379 e. The molecule has 0 bridgehead atoms. The highest BCUT2D eigenvalue weighted by Gasteiger charge is 2.43. The topological polar surface area (TPSA) is 34.1 Å². The normalized spacial score (nSPS) is 27.4. The molecular weight excluding hydrogens is 212 g/mol. The summed E-state index contributed by atoms with van der Waals surface area (Å²) in [6, 6.07) is 6.22. The molecule has 0 aliphatic carbocycles. The van der Waals surface area contributed by atoms with E-state index in [2.05, 4.69) is 22.4 Å². The van der Waals surface area contributed by atoms with E-state index in [1.54, 1.807) is 0 Å². The largest absolute Gasteiger partial charge is 0.379 e. The minimum atomic E-state index is 0.199. The number of ether oxygens (including phenoxy) is 1. The van der Waals surface area contributed by atoms with Crippen molar-refractivity contribution >= 4 is 0 Å². The number of aromatic nitrogens is 1. The van der Waals surface area contributed by atoms with Gasteiger partial charge in [-0.3, -0.25) is 4.98 Å². The van der Waals surface area contributed by atoms with Gasteiger partial charge in [-0.05, 0) is 50.4 Å².